The number of aromatic hydroxyl groups is 2. The minimum Gasteiger partial charge on any atom is -0.747 e. The molecule has 12 rings (SSSR count). The third-order valence-electron chi connectivity index (χ3n) is 13.9. The Labute approximate surface area is 685 Å². The van der Waals surface area contributed by atoms with Crippen LogP contribution in [-0.2, 0) is 67.4 Å². The first kappa shape index (κ1) is 83.6. The molecule has 0 aliphatic heterocycles. The summed E-state index contributed by atoms with van der Waals surface area (Å²) in [5.74, 6) is -5.23. The van der Waals surface area contributed by atoms with Crippen LogP contribution in [0.15, 0.2) is 192 Å². The standard InChI is InChI=1S/2C30H22ClN7O8S2.Cr.4Na/c2*31-28-33-29(35-30(34-28)38(16-47(41,42)43)19-7-2-1-3-8-19)32-18-11-12-21-22(14-18)25(48(44,45)46)15-24(40)27(21)37-36-26-20-9-5-4-6-17(20)10-13-23(26)39;;;;;/h2*1-15,36,39H,16H2,(H,41,42,43)(H,44,45,46)(H,32,33,34,35);;;;;/q;;;4*+1/p-3/b2*37-27-;;;;;. The van der Waals surface area contributed by atoms with E-state index in [1.165, 1.54) is 72.8 Å². The second-order valence-electron chi connectivity index (χ2n) is 20.3. The summed E-state index contributed by atoms with van der Waals surface area (Å²) in [7, 11) is -20.0. The van der Waals surface area contributed by atoms with Crippen LogP contribution in [0.2, 0.25) is 10.6 Å². The number of nitrogens with zero attached hydrogens (tertiary/aromatic N) is 10. The SMILES string of the molecule is O=C1C=C(S(=O)(=O)[O-])c2cc(Nc3nc(Cl)nc(N(CS(=O)(=O)[O-])c4ccccc4)n3)ccc2/C1=N/Nc1c(O)ccc2ccccc12.O=C1C=C(S(=O)(=O)[O-])c2cc(Nc3nc(Cl)nc(N(CS(=O)(=O)[O-])c4ccccc4)n3)ccc2/C1=N/Nc1c(O)ccc2ccccc12.[Cr].[H+].[Na+].[Na+].[Na+].[Na+]. The van der Waals surface area contributed by atoms with Crippen LogP contribution in [0.25, 0.3) is 31.4 Å². The number of hydrogen-bond donors (Lipinski definition) is 6. The number of aromatic nitrogens is 6. The zero-order chi connectivity index (χ0) is 68.4. The molecular weight excluding hydrogens is 1520 g/mol. The number of carbonyl (C=O) groups excluding carboxylic acids is 2. The average Bonchev–Trinajstić information content (AvgIpc) is 0.769. The number of nitrogens with one attached hydrogen (secondary N) is 4. The van der Waals surface area contributed by atoms with Crippen LogP contribution < -0.4 is 150 Å². The maximum Gasteiger partial charge on any atom is 1.00 e. The summed E-state index contributed by atoms with van der Waals surface area (Å²) in [5.41, 5.74) is 5.63. The molecular formula is C60H41Cl2CrN14Na4O16S4+. The number of rotatable bonds is 18. The maximum absolute atomic E-state index is 13.1. The van der Waals surface area contributed by atoms with E-state index in [-0.39, 0.29) is 251 Å². The quantitative estimate of drug-likeness (QED) is 0.0208. The Morgan fingerprint density at radius 3 is 1.14 bits per heavy atom. The summed E-state index contributed by atoms with van der Waals surface area (Å²) >= 11 is 12.2. The van der Waals surface area contributed by atoms with Crippen molar-refractivity contribution in [2.24, 2.45) is 10.2 Å². The van der Waals surface area contributed by atoms with Crippen molar-refractivity contribution in [3.8, 4) is 11.5 Å². The summed E-state index contributed by atoms with van der Waals surface area (Å²) < 4.78 is 144. The number of para-hydroxylation sites is 2. The van der Waals surface area contributed by atoms with Crippen LogP contribution in [0.1, 0.15) is 23.7 Å². The normalized spacial score (nSPS) is 13.3. The molecule has 41 heteroatoms. The molecule has 30 nitrogen and oxygen atoms in total. The van der Waals surface area contributed by atoms with E-state index in [0.29, 0.717) is 22.9 Å². The van der Waals surface area contributed by atoms with Gasteiger partial charge in [-0.1, -0.05) is 97.1 Å². The number of hydrazone groups is 2. The number of carbonyl (C=O) groups is 2. The Balaban J connectivity index is 0.000000347. The average molecular weight is 1560 g/mol. The van der Waals surface area contributed by atoms with Crippen molar-refractivity contribution >= 4 is 176 Å². The number of benzene rings is 8. The number of halogens is 2. The largest absolute Gasteiger partial charge is 1.00 e. The van der Waals surface area contributed by atoms with Gasteiger partial charge in [-0.3, -0.25) is 30.2 Å². The first-order chi connectivity index (χ1) is 45.5. The molecule has 0 saturated carbocycles. The molecule has 0 amide bonds. The molecule has 2 aliphatic carbocycles. The molecule has 2 aromatic heterocycles. The minimum atomic E-state index is -5.17. The fourth-order valence-electron chi connectivity index (χ4n) is 9.80. The van der Waals surface area contributed by atoms with Gasteiger partial charge in [0.25, 0.3) is 0 Å². The molecule has 10 aromatic rings. The molecule has 0 radical (unpaired) electrons. The molecule has 0 fully saturated rings. The molecule has 101 heavy (non-hydrogen) atoms. The zero-order valence-electron chi connectivity index (χ0n) is 53.6. The Morgan fingerprint density at radius 2 is 0.792 bits per heavy atom. The molecule has 0 atom stereocenters. The van der Waals surface area contributed by atoms with Crippen LogP contribution in [-0.4, -0.2) is 127 Å². The van der Waals surface area contributed by atoms with Gasteiger partial charge < -0.3 is 39.1 Å². The van der Waals surface area contributed by atoms with Crippen molar-refractivity contribution in [3.63, 3.8) is 0 Å². The van der Waals surface area contributed by atoms with E-state index in [2.05, 4.69) is 61.6 Å². The predicted molar refractivity (Wildman–Crippen MR) is 353 cm³/mol. The second-order valence-corrected chi connectivity index (χ2v) is 26.4. The number of phenols is 2. The molecule has 2 aliphatic rings. The monoisotopic (exact) mass is 1560 g/mol. The van der Waals surface area contributed by atoms with Crippen LogP contribution in [0.3, 0.4) is 0 Å². The van der Waals surface area contributed by atoms with Crippen molar-refractivity contribution in [2.75, 3.05) is 43.0 Å². The first-order valence-electron chi connectivity index (χ1n) is 27.3. The van der Waals surface area contributed by atoms with Gasteiger partial charge in [-0.05, 0) is 107 Å². The number of phenolic OH excluding ortho intramolecular Hbond substituents is 2. The van der Waals surface area contributed by atoms with Crippen LogP contribution >= 0.6 is 23.2 Å². The summed E-state index contributed by atoms with van der Waals surface area (Å²) in [6, 6.07) is 44.3. The summed E-state index contributed by atoms with van der Waals surface area (Å²) in [6.07, 6.45) is 1.30. The second kappa shape index (κ2) is 34.9. The molecule has 494 valence electrons. The molecule has 8 aromatic carbocycles. The van der Waals surface area contributed by atoms with E-state index in [0.717, 1.165) is 20.6 Å². The zero-order valence-corrected chi connectivity index (χ0v) is 66.7. The summed E-state index contributed by atoms with van der Waals surface area (Å²) in [5, 5.41) is 36.9. The summed E-state index contributed by atoms with van der Waals surface area (Å²) in [4.78, 5) is 50.8. The van der Waals surface area contributed by atoms with Crippen molar-refractivity contribution in [1.82, 2.24) is 29.9 Å². The van der Waals surface area contributed by atoms with Crippen LogP contribution in [0.5, 0.6) is 11.5 Å². The Morgan fingerprint density at radius 1 is 0.446 bits per heavy atom. The molecule has 0 saturated heterocycles. The van der Waals surface area contributed by atoms with E-state index >= 15 is 0 Å². The third kappa shape index (κ3) is 20.5. The number of hydrogen-bond acceptors (Lipinski definition) is 30. The number of allylic oxidation sites excluding steroid dienone is 2. The first-order valence-corrected chi connectivity index (χ1v) is 34.0. The van der Waals surface area contributed by atoms with E-state index < -0.39 is 73.6 Å². The number of fused-ring (bicyclic) bond motifs is 4. The Kier molecular flexibility index (Phi) is 28.9. The van der Waals surface area contributed by atoms with E-state index in [1.54, 1.807) is 84.9 Å². The van der Waals surface area contributed by atoms with Gasteiger partial charge in [0.15, 0.2) is 0 Å². The molecule has 0 spiro atoms. The smallest absolute Gasteiger partial charge is 0.747 e. The van der Waals surface area contributed by atoms with Gasteiger partial charge in [0.2, 0.25) is 45.9 Å². The van der Waals surface area contributed by atoms with Crippen molar-refractivity contribution in [2.45, 2.75) is 0 Å². The molecule has 2 heterocycles. The fourth-order valence-corrected chi connectivity index (χ4v) is 12.7. The topological polar surface area (TPSA) is 460 Å². The summed E-state index contributed by atoms with van der Waals surface area (Å²) in [6.45, 7) is 0. The minimum absolute atomic E-state index is 0. The molecule has 0 unspecified atom stereocenters. The molecule has 6 N–H and O–H groups in total. The van der Waals surface area contributed by atoms with Crippen LogP contribution in [0, 0.1) is 0 Å². The number of ketones is 2. The van der Waals surface area contributed by atoms with Gasteiger partial charge >= 0.3 is 120 Å². The van der Waals surface area contributed by atoms with Gasteiger partial charge in [-0.25, -0.2) is 33.7 Å². The van der Waals surface area contributed by atoms with Gasteiger partial charge in [0.05, 0.1) is 9.81 Å². The molecule has 0 bridgehead atoms. The van der Waals surface area contributed by atoms with Gasteiger partial charge in [0, 0.05) is 85.3 Å². The Bertz CT molecular complexity index is 5160. The maximum atomic E-state index is 13.1. The van der Waals surface area contributed by atoms with Crippen molar-refractivity contribution in [1.29, 1.82) is 0 Å². The third-order valence-corrected chi connectivity index (χ3v) is 17.1. The van der Waals surface area contributed by atoms with E-state index in [4.69, 9.17) is 23.2 Å². The fraction of sp³-hybridized carbons (Fsp3) is 0.0333. The predicted octanol–water partition coefficient (Wildman–Crippen LogP) is -3.77. The van der Waals surface area contributed by atoms with Crippen molar-refractivity contribution < 1.29 is 209 Å². The Hall–Kier alpha value is -6.39. The van der Waals surface area contributed by atoms with Gasteiger partial charge in [-0.2, -0.15) is 40.1 Å². The van der Waals surface area contributed by atoms with Crippen molar-refractivity contribution in [3.05, 3.63) is 215 Å². The van der Waals surface area contributed by atoms with E-state index in [9.17, 15) is 71.7 Å². The van der Waals surface area contributed by atoms with Gasteiger partial charge in [0.1, 0.15) is 86.5 Å². The van der Waals surface area contributed by atoms with Gasteiger partial charge in [-0.15, -0.1) is 0 Å². The van der Waals surface area contributed by atoms with E-state index in [1.807, 2.05) is 12.1 Å². The van der Waals surface area contributed by atoms with Crippen LogP contribution in [0.4, 0.5) is 57.9 Å². The number of anilines is 10.